The highest BCUT2D eigenvalue weighted by Gasteiger charge is 2.01. The van der Waals surface area contributed by atoms with Crippen molar-refractivity contribution >= 4 is 29.2 Å². The lowest BCUT2D eigenvalue weighted by molar-refractivity contribution is 1.07. The van der Waals surface area contributed by atoms with E-state index in [-0.39, 0.29) is 0 Å². The topological polar surface area (TPSA) is 20.5 Å². The Morgan fingerprint density at radius 3 is 2.30 bits per heavy atom. The molecule has 23 heavy (non-hydrogen) atoms. The van der Waals surface area contributed by atoms with Crippen molar-refractivity contribution in [2.75, 3.05) is 19.0 Å². The molecule has 0 aliphatic heterocycles. The highest BCUT2D eigenvalue weighted by atomic mass is 35.5. The normalized spacial score (nSPS) is 11.1. The summed E-state index contributed by atoms with van der Waals surface area (Å²) < 4.78 is 2.08. The monoisotopic (exact) mass is 323 g/mol. The fourth-order valence-corrected chi connectivity index (χ4v) is 2.44. The van der Waals surface area contributed by atoms with Crippen molar-refractivity contribution in [1.29, 1.82) is 0 Å². The number of nitrogens with zero attached hydrogens (tertiary/aromatic N) is 3. The van der Waals surface area contributed by atoms with E-state index in [1.54, 1.807) is 0 Å². The molecular weight excluding hydrogens is 306 g/mol. The number of aromatic nitrogens is 1. The third-order valence-corrected chi connectivity index (χ3v) is 3.85. The lowest BCUT2D eigenvalue weighted by Crippen LogP contribution is -2.07. The predicted molar refractivity (Wildman–Crippen MR) is 98.8 cm³/mol. The third kappa shape index (κ3) is 3.63. The Hall–Kier alpha value is -2.52. The van der Waals surface area contributed by atoms with Gasteiger partial charge >= 0.3 is 0 Å². The van der Waals surface area contributed by atoms with Gasteiger partial charge in [-0.15, -0.1) is 0 Å². The number of hydrogen-bond donors (Lipinski definition) is 0. The quantitative estimate of drug-likeness (QED) is 0.622. The third-order valence-electron chi connectivity index (χ3n) is 3.60. The van der Waals surface area contributed by atoms with Crippen LogP contribution in [0.25, 0.3) is 5.69 Å². The molecule has 0 unspecified atom stereocenters. The molecule has 116 valence electrons. The molecule has 1 heterocycles. The Morgan fingerprint density at radius 2 is 1.65 bits per heavy atom. The molecule has 0 amide bonds. The van der Waals surface area contributed by atoms with Crippen LogP contribution >= 0.6 is 11.6 Å². The molecule has 0 bridgehead atoms. The van der Waals surface area contributed by atoms with Crippen LogP contribution in [0.5, 0.6) is 0 Å². The maximum absolute atomic E-state index is 5.95. The zero-order valence-corrected chi connectivity index (χ0v) is 13.9. The zero-order chi connectivity index (χ0) is 16.2. The first-order valence-electron chi connectivity index (χ1n) is 7.38. The van der Waals surface area contributed by atoms with E-state index in [1.165, 1.54) is 0 Å². The van der Waals surface area contributed by atoms with Gasteiger partial charge in [0.15, 0.2) is 0 Å². The summed E-state index contributed by atoms with van der Waals surface area (Å²) in [7, 11) is 4.05. The SMILES string of the molecule is CN(C)c1ccc(N=Cc2cccn2-c2ccc(Cl)cc2)cc1. The van der Waals surface area contributed by atoms with Crippen LogP contribution in [0.1, 0.15) is 5.69 Å². The molecule has 1 aromatic heterocycles. The van der Waals surface area contributed by atoms with Crippen LogP contribution in [0.2, 0.25) is 5.02 Å². The minimum atomic E-state index is 0.733. The fraction of sp³-hybridized carbons (Fsp3) is 0.105. The molecule has 3 nitrogen and oxygen atoms in total. The van der Waals surface area contributed by atoms with E-state index >= 15 is 0 Å². The molecule has 0 atom stereocenters. The molecule has 0 aliphatic carbocycles. The number of benzene rings is 2. The van der Waals surface area contributed by atoms with Gasteiger partial charge < -0.3 is 9.47 Å². The number of hydrogen-bond acceptors (Lipinski definition) is 2. The van der Waals surface area contributed by atoms with Gasteiger partial charge in [-0.25, -0.2) is 0 Å². The van der Waals surface area contributed by atoms with Crippen LogP contribution in [-0.4, -0.2) is 24.9 Å². The van der Waals surface area contributed by atoms with E-state index in [2.05, 4.69) is 26.6 Å². The van der Waals surface area contributed by atoms with Crippen molar-refractivity contribution < 1.29 is 0 Å². The summed E-state index contributed by atoms with van der Waals surface area (Å²) in [5, 5.41) is 0.733. The Balaban J connectivity index is 1.83. The van der Waals surface area contributed by atoms with E-state index in [0.717, 1.165) is 27.8 Å². The molecule has 3 rings (SSSR count). The molecule has 0 spiro atoms. The van der Waals surface area contributed by atoms with Crippen molar-refractivity contribution in [1.82, 2.24) is 4.57 Å². The average Bonchev–Trinajstić information content (AvgIpc) is 3.02. The summed E-state index contributed by atoms with van der Waals surface area (Å²) in [6.07, 6.45) is 3.89. The molecule has 0 aliphatic rings. The Morgan fingerprint density at radius 1 is 0.957 bits per heavy atom. The first-order valence-corrected chi connectivity index (χ1v) is 7.76. The lowest BCUT2D eigenvalue weighted by atomic mass is 10.2. The molecule has 0 fully saturated rings. The Kier molecular flexibility index (Phi) is 4.49. The minimum absolute atomic E-state index is 0.733. The minimum Gasteiger partial charge on any atom is -0.378 e. The van der Waals surface area contributed by atoms with Gasteiger partial charge in [0, 0.05) is 36.7 Å². The number of rotatable bonds is 4. The van der Waals surface area contributed by atoms with Gasteiger partial charge in [0.05, 0.1) is 17.6 Å². The van der Waals surface area contributed by atoms with Crippen LogP contribution in [0.3, 0.4) is 0 Å². The molecule has 0 saturated carbocycles. The van der Waals surface area contributed by atoms with Crippen LogP contribution in [0.4, 0.5) is 11.4 Å². The van der Waals surface area contributed by atoms with Gasteiger partial charge in [-0.3, -0.25) is 4.99 Å². The van der Waals surface area contributed by atoms with E-state index in [9.17, 15) is 0 Å². The van der Waals surface area contributed by atoms with Crippen LogP contribution in [0, 0.1) is 0 Å². The van der Waals surface area contributed by atoms with Crippen molar-refractivity contribution in [2.24, 2.45) is 4.99 Å². The zero-order valence-electron chi connectivity index (χ0n) is 13.1. The van der Waals surface area contributed by atoms with E-state index in [1.807, 2.05) is 75.0 Å². The summed E-state index contributed by atoms with van der Waals surface area (Å²) in [5.74, 6) is 0. The highest BCUT2D eigenvalue weighted by molar-refractivity contribution is 6.30. The summed E-state index contributed by atoms with van der Waals surface area (Å²) in [4.78, 5) is 6.63. The lowest BCUT2D eigenvalue weighted by Gasteiger charge is -2.11. The molecule has 0 N–H and O–H groups in total. The maximum atomic E-state index is 5.95. The number of halogens is 1. The van der Waals surface area contributed by atoms with Crippen LogP contribution < -0.4 is 4.90 Å². The fourth-order valence-electron chi connectivity index (χ4n) is 2.31. The van der Waals surface area contributed by atoms with Crippen molar-refractivity contribution in [2.45, 2.75) is 0 Å². The highest BCUT2D eigenvalue weighted by Crippen LogP contribution is 2.19. The molecular formula is C19H18ClN3. The van der Waals surface area contributed by atoms with Gasteiger partial charge in [0.2, 0.25) is 0 Å². The van der Waals surface area contributed by atoms with Crippen molar-refractivity contribution in [3.8, 4) is 5.69 Å². The second-order valence-corrected chi connectivity index (χ2v) is 5.88. The first-order chi connectivity index (χ1) is 11.1. The van der Waals surface area contributed by atoms with E-state index in [4.69, 9.17) is 11.6 Å². The van der Waals surface area contributed by atoms with E-state index < -0.39 is 0 Å². The average molecular weight is 324 g/mol. The molecule has 0 saturated heterocycles. The van der Waals surface area contributed by atoms with E-state index in [0.29, 0.717) is 0 Å². The molecule has 3 aromatic rings. The summed E-state index contributed by atoms with van der Waals surface area (Å²) >= 11 is 5.95. The van der Waals surface area contributed by atoms with Gasteiger partial charge in [0.1, 0.15) is 0 Å². The summed E-state index contributed by atoms with van der Waals surface area (Å²) in [6.45, 7) is 0. The number of anilines is 1. The predicted octanol–water partition coefficient (Wildman–Crippen LogP) is 4.95. The first kappa shape index (κ1) is 15.4. The smallest absolute Gasteiger partial charge is 0.0639 e. The Bertz CT molecular complexity index is 799. The van der Waals surface area contributed by atoms with Crippen molar-refractivity contribution in [3.63, 3.8) is 0 Å². The van der Waals surface area contributed by atoms with Crippen molar-refractivity contribution in [3.05, 3.63) is 77.6 Å². The number of aliphatic imine (C=N–C) groups is 1. The standard InChI is InChI=1S/C19H18ClN3/c1-22(2)17-11-7-16(8-12-17)21-14-19-4-3-13-23(19)18-9-5-15(20)6-10-18/h3-14H,1-2H3. The van der Waals surface area contributed by atoms with Crippen LogP contribution in [0.15, 0.2) is 71.9 Å². The molecule has 2 aromatic carbocycles. The maximum Gasteiger partial charge on any atom is 0.0639 e. The van der Waals surface area contributed by atoms with Gasteiger partial charge in [-0.2, -0.15) is 0 Å². The Labute approximate surface area is 141 Å². The second-order valence-electron chi connectivity index (χ2n) is 5.45. The summed E-state index contributed by atoms with van der Waals surface area (Å²) in [5.41, 5.74) is 4.17. The molecule has 0 radical (unpaired) electrons. The van der Waals surface area contributed by atoms with Gasteiger partial charge in [-0.1, -0.05) is 11.6 Å². The van der Waals surface area contributed by atoms with Gasteiger partial charge in [-0.05, 0) is 60.7 Å². The van der Waals surface area contributed by atoms with Crippen LogP contribution in [-0.2, 0) is 0 Å². The second kappa shape index (κ2) is 6.71. The molecule has 4 heteroatoms. The van der Waals surface area contributed by atoms with Gasteiger partial charge in [0.25, 0.3) is 0 Å². The summed E-state index contributed by atoms with van der Waals surface area (Å²) in [6, 6.07) is 19.9. The largest absolute Gasteiger partial charge is 0.378 e.